The van der Waals surface area contributed by atoms with Crippen molar-refractivity contribution in [2.24, 2.45) is 7.05 Å². The van der Waals surface area contributed by atoms with Crippen LogP contribution in [-0.4, -0.2) is 60.9 Å². The number of aromatic nitrogens is 6. The Kier molecular flexibility index (Phi) is 4.16. The molecule has 0 atom stereocenters. The van der Waals surface area contributed by atoms with E-state index in [0.717, 1.165) is 0 Å². The van der Waals surface area contributed by atoms with Crippen LogP contribution in [0.5, 0.6) is 0 Å². The summed E-state index contributed by atoms with van der Waals surface area (Å²) in [4.78, 5) is 24.3. The number of hydrogen-bond acceptors (Lipinski definition) is 9. The van der Waals surface area contributed by atoms with Crippen molar-refractivity contribution in [3.05, 3.63) is 18.2 Å². The van der Waals surface area contributed by atoms with Gasteiger partial charge in [-0.25, -0.2) is 24.9 Å². The molecule has 1 saturated heterocycles. The number of aryl methyl sites for hydroxylation is 1. The molecule has 142 valence electrons. The van der Waals surface area contributed by atoms with Gasteiger partial charge in [-0.15, -0.1) is 0 Å². The van der Waals surface area contributed by atoms with Crippen molar-refractivity contribution in [1.29, 1.82) is 0 Å². The van der Waals surface area contributed by atoms with E-state index in [1.165, 1.54) is 0 Å². The van der Waals surface area contributed by atoms with Crippen molar-refractivity contribution in [3.8, 4) is 11.4 Å². The predicted molar refractivity (Wildman–Crippen MR) is 100 cm³/mol. The minimum absolute atomic E-state index is 0.193. The number of fused-ring (bicyclic) bond motifs is 1. The van der Waals surface area contributed by atoms with Crippen LogP contribution in [0.2, 0.25) is 0 Å². The minimum Gasteiger partial charge on any atom is -0.383 e. The van der Waals surface area contributed by atoms with Crippen LogP contribution in [0.15, 0.2) is 12.4 Å². The van der Waals surface area contributed by atoms with Crippen LogP contribution < -0.4 is 10.6 Å². The minimum atomic E-state index is -1.11. The summed E-state index contributed by atoms with van der Waals surface area (Å²) in [5.74, 6) is 1.90. The summed E-state index contributed by atoms with van der Waals surface area (Å²) in [6.07, 6.45) is 3.19. The van der Waals surface area contributed by atoms with Crippen molar-refractivity contribution >= 4 is 22.9 Å². The number of morpholine rings is 1. The van der Waals surface area contributed by atoms with Crippen LogP contribution in [-0.2, 0) is 17.4 Å². The number of anilines is 2. The number of ether oxygens (including phenoxy) is 1. The number of rotatable bonds is 3. The SMILES string of the molecule is Cn1c(C(C)(C)O)nc2c(N3CCOCC3)nc(-c3cnc(N)nc3)nc21. The molecule has 3 aromatic heterocycles. The van der Waals surface area contributed by atoms with Gasteiger partial charge in [-0.1, -0.05) is 0 Å². The maximum Gasteiger partial charge on any atom is 0.219 e. The van der Waals surface area contributed by atoms with Gasteiger partial charge in [-0.2, -0.15) is 0 Å². The fourth-order valence-corrected chi connectivity index (χ4v) is 3.17. The molecule has 0 aromatic carbocycles. The Morgan fingerprint density at radius 1 is 1.11 bits per heavy atom. The molecule has 3 aromatic rings. The van der Waals surface area contributed by atoms with Gasteiger partial charge in [0.2, 0.25) is 5.95 Å². The molecule has 27 heavy (non-hydrogen) atoms. The number of aliphatic hydroxyl groups is 1. The predicted octanol–water partition coefficient (Wildman–Crippen LogP) is 0.467. The summed E-state index contributed by atoms with van der Waals surface area (Å²) in [5, 5.41) is 10.5. The highest BCUT2D eigenvalue weighted by molar-refractivity contribution is 5.86. The van der Waals surface area contributed by atoms with Gasteiger partial charge in [0, 0.05) is 32.5 Å². The topological polar surface area (TPSA) is 128 Å². The molecule has 0 bridgehead atoms. The van der Waals surface area contributed by atoms with Crippen LogP contribution in [0.4, 0.5) is 11.8 Å². The van der Waals surface area contributed by atoms with Crippen LogP contribution >= 0.6 is 0 Å². The molecule has 10 heteroatoms. The van der Waals surface area contributed by atoms with E-state index in [0.29, 0.717) is 60.5 Å². The second-order valence-electron chi connectivity index (χ2n) is 7.03. The molecular weight excluding hydrogens is 348 g/mol. The van der Waals surface area contributed by atoms with Gasteiger partial charge in [0.25, 0.3) is 0 Å². The lowest BCUT2D eigenvalue weighted by Crippen LogP contribution is -2.37. The molecule has 1 aliphatic rings. The lowest BCUT2D eigenvalue weighted by molar-refractivity contribution is 0.0663. The molecule has 4 rings (SSSR count). The Morgan fingerprint density at radius 2 is 1.78 bits per heavy atom. The van der Waals surface area contributed by atoms with Gasteiger partial charge in [0.1, 0.15) is 11.4 Å². The first-order valence-corrected chi connectivity index (χ1v) is 8.72. The molecule has 0 amide bonds. The van der Waals surface area contributed by atoms with Gasteiger partial charge in [0.05, 0.1) is 18.8 Å². The highest BCUT2D eigenvalue weighted by Gasteiger charge is 2.28. The van der Waals surface area contributed by atoms with E-state index in [9.17, 15) is 5.11 Å². The molecule has 0 radical (unpaired) electrons. The monoisotopic (exact) mass is 370 g/mol. The highest BCUT2D eigenvalue weighted by atomic mass is 16.5. The summed E-state index contributed by atoms with van der Waals surface area (Å²) in [7, 11) is 1.84. The number of hydrogen-bond donors (Lipinski definition) is 2. The summed E-state index contributed by atoms with van der Waals surface area (Å²) >= 11 is 0. The number of imidazole rings is 1. The molecule has 0 spiro atoms. The fraction of sp³-hybridized carbons (Fsp3) is 0.471. The molecule has 1 fully saturated rings. The first-order valence-electron chi connectivity index (χ1n) is 8.72. The average molecular weight is 370 g/mol. The highest BCUT2D eigenvalue weighted by Crippen LogP contribution is 2.30. The Morgan fingerprint density at radius 3 is 2.41 bits per heavy atom. The normalized spacial score (nSPS) is 15.5. The van der Waals surface area contributed by atoms with Gasteiger partial charge in [-0.3, -0.25) is 0 Å². The van der Waals surface area contributed by atoms with Gasteiger partial charge in [-0.05, 0) is 13.8 Å². The Hall–Kier alpha value is -2.85. The molecule has 1 aliphatic heterocycles. The summed E-state index contributed by atoms with van der Waals surface area (Å²) in [6.45, 7) is 6.06. The molecule has 0 unspecified atom stereocenters. The molecule has 4 heterocycles. The van der Waals surface area contributed by atoms with E-state index >= 15 is 0 Å². The van der Waals surface area contributed by atoms with E-state index in [1.54, 1.807) is 30.8 Å². The van der Waals surface area contributed by atoms with Crippen molar-refractivity contribution in [3.63, 3.8) is 0 Å². The third kappa shape index (κ3) is 3.17. The maximum absolute atomic E-state index is 10.5. The zero-order chi connectivity index (χ0) is 19.2. The summed E-state index contributed by atoms with van der Waals surface area (Å²) in [6, 6.07) is 0. The van der Waals surface area contributed by atoms with Crippen molar-refractivity contribution in [2.75, 3.05) is 36.9 Å². The van der Waals surface area contributed by atoms with Crippen LogP contribution in [0.25, 0.3) is 22.6 Å². The molecule has 10 nitrogen and oxygen atoms in total. The fourth-order valence-electron chi connectivity index (χ4n) is 3.17. The van der Waals surface area contributed by atoms with E-state index in [4.69, 9.17) is 15.5 Å². The van der Waals surface area contributed by atoms with Crippen molar-refractivity contribution < 1.29 is 9.84 Å². The van der Waals surface area contributed by atoms with Crippen LogP contribution in [0.1, 0.15) is 19.7 Å². The van der Waals surface area contributed by atoms with Crippen molar-refractivity contribution in [2.45, 2.75) is 19.4 Å². The van der Waals surface area contributed by atoms with E-state index in [-0.39, 0.29) is 5.95 Å². The molecular formula is C17H22N8O2. The Balaban J connectivity index is 1.95. The number of nitrogens with zero attached hydrogens (tertiary/aromatic N) is 7. The summed E-state index contributed by atoms with van der Waals surface area (Å²) < 4.78 is 7.25. The van der Waals surface area contributed by atoms with Crippen LogP contribution in [0.3, 0.4) is 0 Å². The molecule has 0 aliphatic carbocycles. The number of nitrogen functional groups attached to an aromatic ring is 1. The van der Waals surface area contributed by atoms with Crippen molar-refractivity contribution in [1.82, 2.24) is 29.5 Å². The average Bonchev–Trinajstić information content (AvgIpc) is 2.99. The first kappa shape index (κ1) is 17.6. The second-order valence-corrected chi connectivity index (χ2v) is 7.03. The van der Waals surface area contributed by atoms with Gasteiger partial charge >= 0.3 is 0 Å². The zero-order valence-corrected chi connectivity index (χ0v) is 15.5. The zero-order valence-electron chi connectivity index (χ0n) is 15.5. The second kappa shape index (κ2) is 6.39. The van der Waals surface area contributed by atoms with E-state index < -0.39 is 5.60 Å². The van der Waals surface area contributed by atoms with Gasteiger partial charge < -0.3 is 25.0 Å². The quantitative estimate of drug-likeness (QED) is 0.676. The van der Waals surface area contributed by atoms with Gasteiger partial charge in [0.15, 0.2) is 22.8 Å². The van der Waals surface area contributed by atoms with E-state index in [1.807, 2.05) is 7.05 Å². The first-order chi connectivity index (χ1) is 12.8. The van der Waals surface area contributed by atoms with E-state index in [2.05, 4.69) is 24.8 Å². The Labute approximate surface area is 156 Å². The van der Waals surface area contributed by atoms with Crippen LogP contribution in [0, 0.1) is 0 Å². The smallest absolute Gasteiger partial charge is 0.219 e. The largest absolute Gasteiger partial charge is 0.383 e. The lowest BCUT2D eigenvalue weighted by Gasteiger charge is -2.28. The molecule has 3 N–H and O–H groups in total. The Bertz CT molecular complexity index is 971. The maximum atomic E-state index is 10.5. The third-order valence-electron chi connectivity index (χ3n) is 4.49. The summed E-state index contributed by atoms with van der Waals surface area (Å²) in [5.41, 5.74) is 6.42. The lowest BCUT2D eigenvalue weighted by atomic mass is 10.1. The molecule has 0 saturated carbocycles. The standard InChI is InChI=1S/C17H22N8O2/c1-17(2,26)15-21-11-13(24(15)3)22-12(10-8-19-16(18)20-9-10)23-14(11)25-4-6-27-7-5-25/h8-9,26H,4-7H2,1-3H3,(H2,18,19,20). The number of nitrogens with two attached hydrogens (primary N) is 1. The third-order valence-corrected chi connectivity index (χ3v) is 4.49.